The Balaban J connectivity index is 1.80. The molecule has 0 unspecified atom stereocenters. The van der Waals surface area contributed by atoms with E-state index in [0.29, 0.717) is 36.4 Å². The maximum atomic E-state index is 13.3. The first-order valence-corrected chi connectivity index (χ1v) is 10.4. The fraction of sp³-hybridized carbons (Fsp3) is 0.350. The van der Waals surface area contributed by atoms with E-state index >= 15 is 0 Å². The summed E-state index contributed by atoms with van der Waals surface area (Å²) in [7, 11) is -1.84. The van der Waals surface area contributed by atoms with Gasteiger partial charge in [-0.25, -0.2) is 8.42 Å². The van der Waals surface area contributed by atoms with Crippen LogP contribution in [0.4, 0.5) is 0 Å². The molecule has 2 aromatic carbocycles. The highest BCUT2D eigenvalue weighted by atomic mass is 32.2. The van der Waals surface area contributed by atoms with Crippen LogP contribution in [0.5, 0.6) is 0 Å². The molecule has 1 heterocycles. The zero-order valence-electron chi connectivity index (χ0n) is 15.3. The lowest BCUT2D eigenvalue weighted by atomic mass is 10.1. The molecule has 0 amide bonds. The standard InChI is InChI=1S/C20H24N2O4S/c1-21(15-20(23)24)17-11-13-22(14-12-17)27(25,26)19-10-6-5-9-18(19)16-7-3-2-4-8-16/h2-10,17H,11-15H2,1H3,(H,23,24). The van der Waals surface area contributed by atoms with Gasteiger partial charge in [-0.3, -0.25) is 9.69 Å². The molecule has 1 saturated heterocycles. The number of sulfonamides is 1. The van der Waals surface area contributed by atoms with Crippen LogP contribution >= 0.6 is 0 Å². The predicted molar refractivity (Wildman–Crippen MR) is 104 cm³/mol. The van der Waals surface area contributed by atoms with Crippen molar-refractivity contribution < 1.29 is 18.3 Å². The zero-order chi connectivity index (χ0) is 19.4. The minimum absolute atomic E-state index is 0.0335. The lowest BCUT2D eigenvalue weighted by Crippen LogP contribution is -2.46. The van der Waals surface area contributed by atoms with E-state index in [0.717, 1.165) is 5.56 Å². The van der Waals surface area contributed by atoms with Crippen LogP contribution in [-0.4, -0.2) is 61.4 Å². The van der Waals surface area contributed by atoms with Gasteiger partial charge in [0, 0.05) is 24.7 Å². The van der Waals surface area contributed by atoms with E-state index in [-0.39, 0.29) is 12.6 Å². The number of carboxylic acid groups (broad SMARTS) is 1. The predicted octanol–water partition coefficient (Wildman–Crippen LogP) is 2.52. The number of hydrogen-bond acceptors (Lipinski definition) is 4. The summed E-state index contributed by atoms with van der Waals surface area (Å²) in [6.45, 7) is 0.744. The molecule has 1 aliphatic rings. The van der Waals surface area contributed by atoms with Crippen LogP contribution in [-0.2, 0) is 14.8 Å². The Bertz CT molecular complexity index is 891. The molecule has 144 valence electrons. The molecule has 0 aliphatic carbocycles. The number of benzene rings is 2. The van der Waals surface area contributed by atoms with Crippen molar-refractivity contribution >= 4 is 16.0 Å². The third-order valence-corrected chi connectivity index (χ3v) is 6.98. The molecule has 0 radical (unpaired) electrons. The Morgan fingerprint density at radius 1 is 1.07 bits per heavy atom. The molecule has 6 nitrogen and oxygen atoms in total. The van der Waals surface area contributed by atoms with Crippen LogP contribution in [0.15, 0.2) is 59.5 Å². The highest BCUT2D eigenvalue weighted by molar-refractivity contribution is 7.89. The van der Waals surface area contributed by atoms with E-state index in [9.17, 15) is 13.2 Å². The summed E-state index contributed by atoms with van der Waals surface area (Å²) in [6, 6.07) is 16.6. The monoisotopic (exact) mass is 388 g/mol. The normalized spacial score (nSPS) is 16.5. The Labute approximate surface area is 160 Å². The quantitative estimate of drug-likeness (QED) is 0.823. The van der Waals surface area contributed by atoms with Crippen molar-refractivity contribution in [2.45, 2.75) is 23.8 Å². The van der Waals surface area contributed by atoms with Gasteiger partial charge in [-0.2, -0.15) is 4.31 Å². The van der Waals surface area contributed by atoms with Crippen molar-refractivity contribution in [3.63, 3.8) is 0 Å². The highest BCUT2D eigenvalue weighted by Gasteiger charge is 2.32. The van der Waals surface area contributed by atoms with Gasteiger partial charge in [0.05, 0.1) is 11.4 Å². The average molecular weight is 388 g/mol. The van der Waals surface area contributed by atoms with Crippen LogP contribution in [0.3, 0.4) is 0 Å². The summed E-state index contributed by atoms with van der Waals surface area (Å²) in [4.78, 5) is 13.0. The molecule has 3 rings (SSSR count). The lowest BCUT2D eigenvalue weighted by Gasteiger charge is -2.35. The largest absolute Gasteiger partial charge is 0.480 e. The van der Waals surface area contributed by atoms with Gasteiger partial charge in [0.25, 0.3) is 0 Å². The summed E-state index contributed by atoms with van der Waals surface area (Å²) >= 11 is 0. The second-order valence-electron chi connectivity index (χ2n) is 6.81. The molecule has 0 saturated carbocycles. The fourth-order valence-electron chi connectivity index (χ4n) is 3.55. The maximum Gasteiger partial charge on any atom is 0.317 e. The smallest absolute Gasteiger partial charge is 0.317 e. The van der Waals surface area contributed by atoms with Gasteiger partial charge in [-0.1, -0.05) is 48.5 Å². The number of carbonyl (C=O) groups is 1. The van der Waals surface area contributed by atoms with Crippen LogP contribution in [0.1, 0.15) is 12.8 Å². The summed E-state index contributed by atoms with van der Waals surface area (Å²) in [5, 5.41) is 8.94. The van der Waals surface area contributed by atoms with E-state index in [1.165, 1.54) is 4.31 Å². The van der Waals surface area contributed by atoms with Gasteiger partial charge in [-0.15, -0.1) is 0 Å². The number of hydrogen-bond donors (Lipinski definition) is 1. The number of piperidine rings is 1. The molecular weight excluding hydrogens is 364 g/mol. The summed E-state index contributed by atoms with van der Waals surface area (Å²) in [5.41, 5.74) is 1.57. The maximum absolute atomic E-state index is 13.3. The molecule has 1 N–H and O–H groups in total. The van der Waals surface area contributed by atoms with Crippen LogP contribution in [0, 0.1) is 0 Å². The molecule has 2 aromatic rings. The molecule has 7 heteroatoms. The van der Waals surface area contributed by atoms with E-state index in [1.54, 1.807) is 24.1 Å². The summed E-state index contributed by atoms with van der Waals surface area (Å²) in [6.07, 6.45) is 1.24. The second kappa shape index (κ2) is 8.21. The van der Waals surface area contributed by atoms with Crippen molar-refractivity contribution in [2.24, 2.45) is 0 Å². The Kier molecular flexibility index (Phi) is 5.94. The molecule has 1 aliphatic heterocycles. The molecule has 0 spiro atoms. The summed E-state index contributed by atoms with van der Waals surface area (Å²) in [5.74, 6) is -0.871. The Hall–Kier alpha value is -2.22. The van der Waals surface area contributed by atoms with Gasteiger partial charge in [0.15, 0.2) is 0 Å². The van der Waals surface area contributed by atoms with Crippen LogP contribution in [0.2, 0.25) is 0 Å². The van der Waals surface area contributed by atoms with Crippen molar-refractivity contribution in [1.29, 1.82) is 0 Å². The van der Waals surface area contributed by atoms with Crippen LogP contribution in [0.25, 0.3) is 11.1 Å². The van der Waals surface area contributed by atoms with Crippen molar-refractivity contribution in [3.05, 3.63) is 54.6 Å². The molecule has 0 atom stereocenters. The van der Waals surface area contributed by atoms with Crippen molar-refractivity contribution in [1.82, 2.24) is 9.21 Å². The third kappa shape index (κ3) is 4.37. The minimum Gasteiger partial charge on any atom is -0.480 e. The average Bonchev–Trinajstić information content (AvgIpc) is 2.68. The van der Waals surface area contributed by atoms with Gasteiger partial charge in [-0.05, 0) is 31.5 Å². The fourth-order valence-corrected chi connectivity index (χ4v) is 5.24. The summed E-state index contributed by atoms with van der Waals surface area (Å²) < 4.78 is 28.0. The van der Waals surface area contributed by atoms with Crippen molar-refractivity contribution in [2.75, 3.05) is 26.7 Å². The molecule has 27 heavy (non-hydrogen) atoms. The Morgan fingerprint density at radius 3 is 2.30 bits per heavy atom. The lowest BCUT2D eigenvalue weighted by molar-refractivity contribution is -0.138. The zero-order valence-corrected chi connectivity index (χ0v) is 16.1. The highest BCUT2D eigenvalue weighted by Crippen LogP contribution is 2.31. The van der Waals surface area contributed by atoms with Crippen molar-refractivity contribution in [3.8, 4) is 11.1 Å². The number of likely N-dealkylation sites (N-methyl/N-ethyl adjacent to an activating group) is 1. The number of carboxylic acids is 1. The second-order valence-corrected chi connectivity index (χ2v) is 8.71. The number of nitrogens with zero attached hydrogens (tertiary/aromatic N) is 2. The Morgan fingerprint density at radius 2 is 1.67 bits per heavy atom. The van der Waals surface area contributed by atoms with E-state index in [2.05, 4.69) is 0 Å². The SMILES string of the molecule is CN(CC(=O)O)C1CCN(S(=O)(=O)c2ccccc2-c2ccccc2)CC1. The molecular formula is C20H24N2O4S. The molecule has 0 aromatic heterocycles. The van der Waals surface area contributed by atoms with Gasteiger partial charge >= 0.3 is 5.97 Å². The third-order valence-electron chi connectivity index (χ3n) is 5.02. The van der Waals surface area contributed by atoms with Gasteiger partial charge in [0.2, 0.25) is 10.0 Å². The number of aliphatic carboxylic acids is 1. The van der Waals surface area contributed by atoms with E-state index < -0.39 is 16.0 Å². The van der Waals surface area contributed by atoms with Crippen LogP contribution < -0.4 is 0 Å². The number of rotatable bonds is 6. The van der Waals surface area contributed by atoms with E-state index in [4.69, 9.17) is 5.11 Å². The first kappa shape index (κ1) is 19.5. The topological polar surface area (TPSA) is 77.9 Å². The van der Waals surface area contributed by atoms with Gasteiger partial charge < -0.3 is 5.11 Å². The first-order chi connectivity index (χ1) is 12.9. The molecule has 1 fully saturated rings. The van der Waals surface area contributed by atoms with E-state index in [1.807, 2.05) is 42.5 Å². The molecule has 0 bridgehead atoms. The minimum atomic E-state index is -3.61. The van der Waals surface area contributed by atoms with Gasteiger partial charge in [0.1, 0.15) is 0 Å². The first-order valence-electron chi connectivity index (χ1n) is 8.96.